The van der Waals surface area contributed by atoms with Gasteiger partial charge in [-0.05, 0) is 147 Å². The first kappa shape index (κ1) is 39.4. The summed E-state index contributed by atoms with van der Waals surface area (Å²) in [6, 6.07) is 93.8. The first-order valence-corrected chi connectivity index (χ1v) is 24.5. The van der Waals surface area contributed by atoms with Crippen molar-refractivity contribution < 1.29 is 0 Å². The van der Waals surface area contributed by atoms with E-state index >= 15 is 0 Å². The predicted molar refractivity (Wildman–Crippen MR) is 295 cm³/mol. The van der Waals surface area contributed by atoms with E-state index in [1.165, 1.54) is 125 Å². The minimum Gasteiger partial charge on any atom is -0.309 e. The maximum atomic E-state index is 2.46. The fourth-order valence-corrected chi connectivity index (χ4v) is 11.9. The first-order chi connectivity index (χ1) is 34.2. The molecule has 11 aromatic carbocycles. The van der Waals surface area contributed by atoms with Crippen molar-refractivity contribution in [1.29, 1.82) is 0 Å². The number of rotatable bonds is 7. The molecule has 0 bridgehead atoms. The topological polar surface area (TPSA) is 9.86 Å². The van der Waals surface area contributed by atoms with Crippen LogP contribution in [0.3, 0.4) is 0 Å². The Bertz CT molecular complexity index is 4230. The van der Waals surface area contributed by atoms with Crippen molar-refractivity contribution in [3.8, 4) is 67.0 Å². The molecule has 3 aromatic heterocycles. The van der Waals surface area contributed by atoms with E-state index in [2.05, 4.69) is 264 Å². The number of nitrogens with zero attached hydrogens (tertiary/aromatic N) is 2. The van der Waals surface area contributed by atoms with Gasteiger partial charge in [-0.3, -0.25) is 0 Å². The highest BCUT2D eigenvalue weighted by Gasteiger charge is 2.19. The van der Waals surface area contributed by atoms with Gasteiger partial charge in [0.2, 0.25) is 0 Å². The van der Waals surface area contributed by atoms with Crippen LogP contribution in [0.2, 0.25) is 0 Å². The highest BCUT2D eigenvalue weighted by atomic mass is 32.1. The number of aromatic nitrogens is 2. The molecule has 3 heterocycles. The molecule has 322 valence electrons. The molecule has 0 fully saturated rings. The van der Waals surface area contributed by atoms with Crippen molar-refractivity contribution in [2.75, 3.05) is 0 Å². The summed E-state index contributed by atoms with van der Waals surface area (Å²) in [6.07, 6.45) is 0. The lowest BCUT2D eigenvalue weighted by atomic mass is 9.93. The van der Waals surface area contributed by atoms with Gasteiger partial charge in [-0.25, -0.2) is 0 Å². The van der Waals surface area contributed by atoms with Gasteiger partial charge >= 0.3 is 0 Å². The van der Waals surface area contributed by atoms with Crippen molar-refractivity contribution in [3.63, 3.8) is 0 Å². The van der Waals surface area contributed by atoms with Crippen molar-refractivity contribution in [2.45, 2.75) is 0 Å². The Labute approximate surface area is 403 Å². The summed E-state index contributed by atoms with van der Waals surface area (Å²) in [4.78, 5) is 0. The monoisotopic (exact) mass is 894 g/mol. The molecule has 0 saturated heterocycles. The SMILES string of the molecule is c1ccc(-c2cc(-c3ccccc3)cc(-c3cccc(-n4c5ccccc5c5cc(-c6ccc7c(c6)c6cc(-c8ccccc8)ccc6n7-c6ccc7c(c6)sc6ccccc67)ccc54)c3)c2)cc1. The number of hydrogen-bond donors (Lipinski definition) is 0. The Kier molecular flexibility index (Phi) is 9.11. The quantitative estimate of drug-likeness (QED) is 0.151. The lowest BCUT2D eigenvalue weighted by Gasteiger charge is -2.14. The van der Waals surface area contributed by atoms with E-state index in [0.717, 1.165) is 5.69 Å². The summed E-state index contributed by atoms with van der Waals surface area (Å²) < 4.78 is 7.51. The number of fused-ring (bicyclic) bond motifs is 9. The zero-order valence-corrected chi connectivity index (χ0v) is 38.4. The van der Waals surface area contributed by atoms with Crippen LogP contribution in [-0.4, -0.2) is 9.13 Å². The lowest BCUT2D eigenvalue weighted by molar-refractivity contribution is 1.18. The lowest BCUT2D eigenvalue weighted by Crippen LogP contribution is -1.94. The zero-order chi connectivity index (χ0) is 45.4. The minimum atomic E-state index is 1.13. The molecule has 0 aliphatic carbocycles. The van der Waals surface area contributed by atoms with Crippen LogP contribution in [-0.2, 0) is 0 Å². The van der Waals surface area contributed by atoms with Crippen LogP contribution in [0.5, 0.6) is 0 Å². The molecule has 3 heteroatoms. The summed E-state index contributed by atoms with van der Waals surface area (Å²) in [5, 5.41) is 7.58. The van der Waals surface area contributed by atoms with Gasteiger partial charge in [0.25, 0.3) is 0 Å². The summed E-state index contributed by atoms with van der Waals surface area (Å²) in [6.45, 7) is 0. The third-order valence-corrected chi connectivity index (χ3v) is 15.2. The van der Waals surface area contributed by atoms with Gasteiger partial charge in [0.1, 0.15) is 0 Å². The molecule has 0 aliphatic heterocycles. The number of thiophene rings is 1. The Balaban J connectivity index is 0.908. The number of para-hydroxylation sites is 1. The maximum absolute atomic E-state index is 2.46. The molecule has 0 saturated carbocycles. The van der Waals surface area contributed by atoms with Crippen molar-refractivity contribution >= 4 is 75.1 Å². The van der Waals surface area contributed by atoms with Gasteiger partial charge in [0.15, 0.2) is 0 Å². The van der Waals surface area contributed by atoms with E-state index in [4.69, 9.17) is 0 Å². The average Bonchev–Trinajstić information content (AvgIpc) is 4.08. The van der Waals surface area contributed by atoms with Crippen LogP contribution in [0.4, 0.5) is 0 Å². The Morgan fingerprint density at radius 2 is 0.609 bits per heavy atom. The van der Waals surface area contributed by atoms with E-state index in [9.17, 15) is 0 Å². The van der Waals surface area contributed by atoms with Crippen LogP contribution < -0.4 is 0 Å². The van der Waals surface area contributed by atoms with Gasteiger partial charge < -0.3 is 9.13 Å². The van der Waals surface area contributed by atoms with Crippen LogP contribution in [0, 0.1) is 0 Å². The van der Waals surface area contributed by atoms with Gasteiger partial charge in [0, 0.05) is 53.1 Å². The largest absolute Gasteiger partial charge is 0.309 e. The Hall–Kier alpha value is -8.76. The summed E-state index contributed by atoms with van der Waals surface area (Å²) >= 11 is 1.87. The molecule has 0 radical (unpaired) electrons. The molecule has 0 amide bonds. The number of benzene rings is 11. The molecular weight excluding hydrogens is 853 g/mol. The molecule has 14 aromatic rings. The molecule has 0 spiro atoms. The standard InChI is InChI=1S/C66H42N2S/c1-4-15-43(16-5-1)47-27-32-63-59(39-47)60-41-49(29-34-64(60)68(63)54-30-31-57-56-24-11-13-26-65(56)69-66(57)42-54)48-28-33-62-58(40-48)55-23-10-12-25-61(55)67(62)53-22-14-21-46(38-53)52-36-50(44-17-6-2-7-18-44)35-51(37-52)45-19-8-3-9-20-45/h1-42H. The highest BCUT2D eigenvalue weighted by molar-refractivity contribution is 7.25. The Morgan fingerprint density at radius 3 is 1.20 bits per heavy atom. The number of hydrogen-bond acceptors (Lipinski definition) is 1. The normalized spacial score (nSPS) is 11.8. The molecule has 0 atom stereocenters. The van der Waals surface area contributed by atoms with Crippen LogP contribution >= 0.6 is 11.3 Å². The van der Waals surface area contributed by atoms with Gasteiger partial charge in [-0.15, -0.1) is 11.3 Å². The fourth-order valence-electron chi connectivity index (χ4n) is 10.8. The van der Waals surface area contributed by atoms with Gasteiger partial charge in [-0.1, -0.05) is 164 Å². The van der Waals surface area contributed by atoms with E-state index in [1.54, 1.807) is 0 Å². The molecule has 0 aliphatic rings. The van der Waals surface area contributed by atoms with E-state index in [-0.39, 0.29) is 0 Å². The zero-order valence-electron chi connectivity index (χ0n) is 37.6. The van der Waals surface area contributed by atoms with Gasteiger partial charge in [0.05, 0.1) is 22.1 Å². The maximum Gasteiger partial charge on any atom is 0.0541 e. The fraction of sp³-hybridized carbons (Fsp3) is 0. The molecule has 69 heavy (non-hydrogen) atoms. The van der Waals surface area contributed by atoms with Crippen LogP contribution in [0.15, 0.2) is 255 Å². The van der Waals surface area contributed by atoms with E-state index in [0.29, 0.717) is 0 Å². The summed E-state index contributed by atoms with van der Waals surface area (Å²) in [7, 11) is 0. The van der Waals surface area contributed by atoms with E-state index < -0.39 is 0 Å². The van der Waals surface area contributed by atoms with E-state index in [1.807, 2.05) is 11.3 Å². The Morgan fingerprint density at radius 1 is 0.203 bits per heavy atom. The molecule has 14 rings (SSSR count). The second kappa shape index (κ2) is 16.0. The van der Waals surface area contributed by atoms with Crippen molar-refractivity contribution in [2.24, 2.45) is 0 Å². The van der Waals surface area contributed by atoms with Crippen molar-refractivity contribution in [3.05, 3.63) is 255 Å². The third-order valence-electron chi connectivity index (χ3n) is 14.1. The van der Waals surface area contributed by atoms with Crippen LogP contribution in [0.1, 0.15) is 0 Å². The first-order valence-electron chi connectivity index (χ1n) is 23.6. The summed E-state index contributed by atoms with van der Waals surface area (Å²) in [5.74, 6) is 0. The molecule has 0 N–H and O–H groups in total. The molecular formula is C66H42N2S. The van der Waals surface area contributed by atoms with Crippen molar-refractivity contribution in [1.82, 2.24) is 9.13 Å². The van der Waals surface area contributed by atoms with Gasteiger partial charge in [-0.2, -0.15) is 0 Å². The molecule has 2 nitrogen and oxygen atoms in total. The minimum absolute atomic E-state index is 1.13. The molecule has 0 unspecified atom stereocenters. The predicted octanol–water partition coefficient (Wildman–Crippen LogP) is 18.6. The highest BCUT2D eigenvalue weighted by Crippen LogP contribution is 2.42. The second-order valence-corrected chi connectivity index (χ2v) is 19.2. The van der Waals surface area contributed by atoms with Crippen LogP contribution in [0.25, 0.3) is 131 Å². The average molecular weight is 895 g/mol. The second-order valence-electron chi connectivity index (χ2n) is 18.1. The summed E-state index contributed by atoms with van der Waals surface area (Å²) in [5.41, 5.74) is 19.1. The third kappa shape index (κ3) is 6.62. The smallest absolute Gasteiger partial charge is 0.0541 e.